The van der Waals surface area contributed by atoms with Crippen molar-refractivity contribution in [3.63, 3.8) is 0 Å². The molecule has 0 unspecified atom stereocenters. The lowest BCUT2D eigenvalue weighted by molar-refractivity contribution is -0.136. The van der Waals surface area contributed by atoms with Crippen LogP contribution in [0.3, 0.4) is 0 Å². The third-order valence-corrected chi connectivity index (χ3v) is 4.35. The lowest BCUT2D eigenvalue weighted by Crippen LogP contribution is -2.30. The number of carbonyl (C=O) groups is 1. The van der Waals surface area contributed by atoms with Crippen LogP contribution in [0.1, 0.15) is 25.1 Å². The van der Waals surface area contributed by atoms with Crippen LogP contribution in [0.15, 0.2) is 30.3 Å². The van der Waals surface area contributed by atoms with E-state index in [9.17, 15) is 18.0 Å². The number of alkyl halides is 3. The van der Waals surface area contributed by atoms with Gasteiger partial charge in [-0.15, -0.1) is 0 Å². The van der Waals surface area contributed by atoms with E-state index in [1.807, 2.05) is 6.92 Å². The summed E-state index contributed by atoms with van der Waals surface area (Å²) in [6.07, 6.45) is -5.71. The number of nitrogens with one attached hydrogen (secondary N) is 1. The number of aryl methyl sites for hydroxylation is 2. The molecule has 2 aromatic heterocycles. The number of halogens is 3. The molecule has 1 N–H and O–H groups in total. The minimum atomic E-state index is -4.62. The quantitative estimate of drug-likeness (QED) is 0.647. The van der Waals surface area contributed by atoms with E-state index in [2.05, 4.69) is 15.4 Å². The maximum atomic E-state index is 13.5. The lowest BCUT2D eigenvalue weighted by atomic mass is 10.1. The van der Waals surface area contributed by atoms with E-state index >= 15 is 0 Å². The van der Waals surface area contributed by atoms with Crippen molar-refractivity contribution in [1.29, 1.82) is 0 Å². The summed E-state index contributed by atoms with van der Waals surface area (Å²) in [5, 5.41) is 6.55. The zero-order chi connectivity index (χ0) is 22.1. The number of ether oxygens (including phenoxy) is 2. The van der Waals surface area contributed by atoms with Gasteiger partial charge in [0, 0.05) is 18.8 Å². The average molecular weight is 422 g/mol. The highest BCUT2D eigenvalue weighted by atomic mass is 19.4. The Bertz CT molecular complexity index is 1060. The Labute approximate surface area is 170 Å². The molecular formula is C20H21F3N4O3. The third-order valence-electron chi connectivity index (χ3n) is 4.35. The van der Waals surface area contributed by atoms with Gasteiger partial charge in [-0.2, -0.15) is 23.3 Å². The zero-order valence-corrected chi connectivity index (χ0v) is 16.9. The number of hydrogen-bond acceptors (Lipinski definition) is 5. The first-order valence-corrected chi connectivity index (χ1v) is 9.22. The largest absolute Gasteiger partial charge is 0.494 e. The van der Waals surface area contributed by atoms with Crippen molar-refractivity contribution in [1.82, 2.24) is 14.8 Å². The number of carbonyl (C=O) groups excluding carboxylic acids is 1. The van der Waals surface area contributed by atoms with Gasteiger partial charge in [0.15, 0.2) is 11.8 Å². The predicted molar refractivity (Wildman–Crippen MR) is 105 cm³/mol. The molecule has 0 aliphatic carbocycles. The molecule has 3 aromatic rings. The van der Waals surface area contributed by atoms with E-state index in [1.54, 1.807) is 24.3 Å². The first-order valence-electron chi connectivity index (χ1n) is 9.22. The molecule has 2 heterocycles. The molecule has 1 amide bonds. The molecule has 0 aliphatic heterocycles. The highest BCUT2D eigenvalue weighted by molar-refractivity contribution is 5.94. The molecule has 10 heteroatoms. The van der Waals surface area contributed by atoms with Gasteiger partial charge in [0.05, 0.1) is 23.3 Å². The zero-order valence-electron chi connectivity index (χ0n) is 16.9. The second-order valence-corrected chi connectivity index (χ2v) is 6.62. The summed E-state index contributed by atoms with van der Waals surface area (Å²) < 4.78 is 52.7. The number of fused-ring (bicyclic) bond motifs is 1. The van der Waals surface area contributed by atoms with Crippen LogP contribution in [0.2, 0.25) is 0 Å². The van der Waals surface area contributed by atoms with Crippen molar-refractivity contribution in [2.24, 2.45) is 7.05 Å². The van der Waals surface area contributed by atoms with Crippen LogP contribution in [-0.4, -0.2) is 33.4 Å². The molecule has 1 aromatic carbocycles. The second kappa shape index (κ2) is 8.21. The fourth-order valence-corrected chi connectivity index (χ4v) is 2.99. The van der Waals surface area contributed by atoms with E-state index in [0.29, 0.717) is 18.0 Å². The summed E-state index contributed by atoms with van der Waals surface area (Å²) in [6, 6.07) is 7.48. The fourth-order valence-electron chi connectivity index (χ4n) is 2.99. The number of aromatic nitrogens is 3. The third kappa shape index (κ3) is 4.47. The number of anilines is 1. The van der Waals surface area contributed by atoms with Crippen molar-refractivity contribution in [2.45, 2.75) is 33.1 Å². The van der Waals surface area contributed by atoms with Crippen molar-refractivity contribution in [3.05, 3.63) is 41.6 Å². The van der Waals surface area contributed by atoms with Crippen LogP contribution in [0.5, 0.6) is 11.6 Å². The van der Waals surface area contributed by atoms with Gasteiger partial charge < -0.3 is 14.8 Å². The molecule has 1 atom stereocenters. The molecule has 30 heavy (non-hydrogen) atoms. The second-order valence-electron chi connectivity index (χ2n) is 6.62. The van der Waals surface area contributed by atoms with Gasteiger partial charge in [-0.05, 0) is 45.0 Å². The van der Waals surface area contributed by atoms with Gasteiger partial charge in [-0.25, -0.2) is 0 Å². The van der Waals surface area contributed by atoms with Crippen molar-refractivity contribution < 1.29 is 27.4 Å². The van der Waals surface area contributed by atoms with Crippen molar-refractivity contribution in [3.8, 4) is 11.6 Å². The summed E-state index contributed by atoms with van der Waals surface area (Å²) >= 11 is 0. The van der Waals surface area contributed by atoms with Crippen LogP contribution < -0.4 is 14.8 Å². The number of rotatable bonds is 6. The van der Waals surface area contributed by atoms with Gasteiger partial charge in [0.25, 0.3) is 5.91 Å². The normalized spacial score (nSPS) is 12.6. The SMILES string of the molecule is CCOc1ccc(NC(=O)[C@@H](C)Oc2cc(C(F)(F)F)c3c(C)nn(C)c3n2)cc1. The Morgan fingerprint density at radius 3 is 2.53 bits per heavy atom. The van der Waals surface area contributed by atoms with Crippen molar-refractivity contribution >= 4 is 22.6 Å². The summed E-state index contributed by atoms with van der Waals surface area (Å²) in [5.41, 5.74) is -0.176. The van der Waals surface area contributed by atoms with Crippen molar-refractivity contribution in [2.75, 3.05) is 11.9 Å². The summed E-state index contributed by atoms with van der Waals surface area (Å²) in [6.45, 7) is 5.28. The monoisotopic (exact) mass is 422 g/mol. The number of pyridine rings is 1. The summed E-state index contributed by atoms with van der Waals surface area (Å²) in [5.74, 6) is -0.188. The highest BCUT2D eigenvalue weighted by Gasteiger charge is 2.36. The molecule has 0 spiro atoms. The van der Waals surface area contributed by atoms with Crippen LogP contribution in [0.25, 0.3) is 11.0 Å². The Morgan fingerprint density at radius 1 is 1.27 bits per heavy atom. The minimum Gasteiger partial charge on any atom is -0.494 e. The average Bonchev–Trinajstić information content (AvgIpc) is 2.96. The van der Waals surface area contributed by atoms with Crippen LogP contribution in [0.4, 0.5) is 18.9 Å². The standard InChI is InChI=1S/C20H21F3N4O3/c1-5-29-14-8-6-13(7-9-14)24-19(28)12(3)30-16-10-15(20(21,22)23)17-11(2)26-27(4)18(17)25-16/h6-10,12H,5H2,1-4H3,(H,24,28)/t12-/m1/s1. The number of hydrogen-bond donors (Lipinski definition) is 1. The lowest BCUT2D eigenvalue weighted by Gasteiger charge is -2.16. The van der Waals surface area contributed by atoms with Crippen LogP contribution >= 0.6 is 0 Å². The smallest absolute Gasteiger partial charge is 0.417 e. The highest BCUT2D eigenvalue weighted by Crippen LogP contribution is 2.37. The Morgan fingerprint density at radius 2 is 1.93 bits per heavy atom. The molecule has 3 rings (SSSR count). The Kier molecular flexibility index (Phi) is 5.86. The predicted octanol–water partition coefficient (Wildman–Crippen LogP) is 4.10. The molecule has 0 saturated heterocycles. The van der Waals surface area contributed by atoms with Gasteiger partial charge >= 0.3 is 6.18 Å². The Hall–Kier alpha value is -3.30. The maximum absolute atomic E-state index is 13.5. The molecule has 0 saturated carbocycles. The van der Waals surface area contributed by atoms with E-state index < -0.39 is 23.8 Å². The van der Waals surface area contributed by atoms with Gasteiger partial charge in [-0.3, -0.25) is 9.48 Å². The van der Waals surface area contributed by atoms with E-state index in [4.69, 9.17) is 9.47 Å². The molecule has 0 aliphatic rings. The van der Waals surface area contributed by atoms with Crippen LogP contribution in [-0.2, 0) is 18.0 Å². The van der Waals surface area contributed by atoms with E-state index in [0.717, 1.165) is 6.07 Å². The molecule has 0 radical (unpaired) electrons. The Balaban J connectivity index is 1.81. The fraction of sp³-hybridized carbons (Fsp3) is 0.350. The summed E-state index contributed by atoms with van der Waals surface area (Å²) in [4.78, 5) is 16.5. The number of nitrogens with zero attached hydrogens (tertiary/aromatic N) is 3. The topological polar surface area (TPSA) is 78.3 Å². The van der Waals surface area contributed by atoms with Gasteiger partial charge in [0.2, 0.25) is 5.88 Å². The molecule has 0 bridgehead atoms. The van der Waals surface area contributed by atoms with Crippen LogP contribution in [0, 0.1) is 6.92 Å². The van der Waals surface area contributed by atoms with E-state index in [-0.39, 0.29) is 22.6 Å². The maximum Gasteiger partial charge on any atom is 0.417 e. The minimum absolute atomic E-state index is 0.0245. The first kappa shape index (κ1) is 21.4. The van der Waals surface area contributed by atoms with Gasteiger partial charge in [0.1, 0.15) is 5.75 Å². The number of benzene rings is 1. The first-order chi connectivity index (χ1) is 14.1. The molecule has 0 fully saturated rings. The summed E-state index contributed by atoms with van der Waals surface area (Å²) in [7, 11) is 1.49. The van der Waals surface area contributed by atoms with E-state index in [1.165, 1.54) is 25.6 Å². The molecule has 7 nitrogen and oxygen atoms in total. The molecular weight excluding hydrogens is 401 g/mol. The number of amides is 1. The van der Waals surface area contributed by atoms with Gasteiger partial charge in [-0.1, -0.05) is 0 Å². The molecule has 160 valence electrons.